The lowest BCUT2D eigenvalue weighted by molar-refractivity contribution is 0.465. The van der Waals surface area contributed by atoms with Crippen LogP contribution < -0.4 is 0 Å². The van der Waals surface area contributed by atoms with Gasteiger partial charge in [-0.05, 0) is 12.1 Å². The van der Waals surface area contributed by atoms with Crippen molar-refractivity contribution < 1.29 is 17.6 Å². The standard InChI is InChI=1S/2C4H2F2N2/c2*5-3-1-2-7-8-4(3)6/h2*1-2H. The molecule has 0 saturated carbocycles. The lowest BCUT2D eigenvalue weighted by Crippen LogP contribution is -1.89. The van der Waals surface area contributed by atoms with Gasteiger partial charge in [0.05, 0.1) is 12.4 Å². The van der Waals surface area contributed by atoms with Crippen molar-refractivity contribution in [2.75, 3.05) is 0 Å². The Morgan fingerprint density at radius 3 is 1.25 bits per heavy atom. The summed E-state index contributed by atoms with van der Waals surface area (Å²) in [7, 11) is 0. The molecule has 0 amide bonds. The molecular formula is C8H4F4N4. The van der Waals surface area contributed by atoms with Gasteiger partial charge in [0, 0.05) is 0 Å². The SMILES string of the molecule is Fc1ccnnc1F.Fc1ccnnc1F. The first-order chi connectivity index (χ1) is 7.61. The molecule has 16 heavy (non-hydrogen) atoms. The highest BCUT2D eigenvalue weighted by Gasteiger charge is 1.97. The summed E-state index contributed by atoms with van der Waals surface area (Å²) >= 11 is 0. The Bertz CT molecular complexity index is 380. The Morgan fingerprint density at radius 2 is 1.06 bits per heavy atom. The van der Waals surface area contributed by atoms with Crippen molar-refractivity contribution in [2.24, 2.45) is 0 Å². The van der Waals surface area contributed by atoms with Gasteiger partial charge in [-0.15, -0.1) is 10.2 Å². The van der Waals surface area contributed by atoms with E-state index in [-0.39, 0.29) is 0 Å². The zero-order chi connectivity index (χ0) is 12.0. The average molecular weight is 232 g/mol. The van der Waals surface area contributed by atoms with Crippen LogP contribution in [0.25, 0.3) is 0 Å². The number of rotatable bonds is 0. The molecule has 0 N–H and O–H groups in total. The topological polar surface area (TPSA) is 51.6 Å². The molecule has 0 spiro atoms. The summed E-state index contributed by atoms with van der Waals surface area (Å²) in [6.07, 6.45) is 2.16. The van der Waals surface area contributed by atoms with Crippen LogP contribution in [0.15, 0.2) is 24.5 Å². The fraction of sp³-hybridized carbons (Fsp3) is 0. The van der Waals surface area contributed by atoms with Crippen LogP contribution in [0, 0.1) is 23.5 Å². The van der Waals surface area contributed by atoms with Crippen LogP contribution >= 0.6 is 0 Å². The lowest BCUT2D eigenvalue weighted by Gasteiger charge is -1.83. The Balaban J connectivity index is 0.000000160. The normalized spacial score (nSPS) is 9.25. The molecule has 0 saturated heterocycles. The monoisotopic (exact) mass is 232 g/mol. The van der Waals surface area contributed by atoms with E-state index in [4.69, 9.17) is 0 Å². The van der Waals surface area contributed by atoms with Crippen molar-refractivity contribution in [2.45, 2.75) is 0 Å². The zero-order valence-electron chi connectivity index (χ0n) is 7.61. The van der Waals surface area contributed by atoms with E-state index in [1.165, 1.54) is 0 Å². The second-order valence-electron chi connectivity index (χ2n) is 2.34. The first-order valence-corrected chi connectivity index (χ1v) is 3.86. The molecule has 0 unspecified atom stereocenters. The fourth-order valence-electron chi connectivity index (χ4n) is 0.599. The van der Waals surface area contributed by atoms with E-state index < -0.39 is 23.5 Å². The molecule has 2 aromatic heterocycles. The molecule has 0 aliphatic carbocycles. The molecule has 0 radical (unpaired) electrons. The molecular weight excluding hydrogens is 228 g/mol. The van der Waals surface area contributed by atoms with Crippen molar-refractivity contribution in [1.29, 1.82) is 0 Å². The third-order valence-electron chi connectivity index (χ3n) is 1.26. The van der Waals surface area contributed by atoms with Gasteiger partial charge in [-0.25, -0.2) is 8.78 Å². The van der Waals surface area contributed by atoms with Gasteiger partial charge in [-0.3, -0.25) is 0 Å². The van der Waals surface area contributed by atoms with Crippen molar-refractivity contribution in [3.63, 3.8) is 0 Å². The highest BCUT2D eigenvalue weighted by molar-refractivity contribution is 4.89. The van der Waals surface area contributed by atoms with Crippen molar-refractivity contribution >= 4 is 0 Å². The Kier molecular flexibility index (Phi) is 4.25. The van der Waals surface area contributed by atoms with Crippen LogP contribution in [0.4, 0.5) is 17.6 Å². The quantitative estimate of drug-likeness (QED) is 0.646. The zero-order valence-corrected chi connectivity index (χ0v) is 7.61. The minimum absolute atomic E-state index is 0.905. The first kappa shape index (κ1) is 12.0. The number of nitrogens with zero attached hydrogens (tertiary/aromatic N) is 4. The summed E-state index contributed by atoms with van der Waals surface area (Å²) in [5.41, 5.74) is 0. The van der Waals surface area contributed by atoms with E-state index in [2.05, 4.69) is 20.4 Å². The van der Waals surface area contributed by atoms with Crippen LogP contribution in [-0.4, -0.2) is 20.4 Å². The second kappa shape index (κ2) is 5.69. The smallest absolute Gasteiger partial charge is 0.202 e. The summed E-state index contributed by atoms with van der Waals surface area (Å²) in [5, 5.41) is 11.7. The molecule has 4 nitrogen and oxygen atoms in total. The van der Waals surface area contributed by atoms with E-state index in [1.807, 2.05) is 0 Å². The summed E-state index contributed by atoms with van der Waals surface area (Å²) < 4.78 is 47.2. The summed E-state index contributed by atoms with van der Waals surface area (Å²) in [6.45, 7) is 0. The molecule has 0 bridgehead atoms. The molecule has 0 fully saturated rings. The summed E-state index contributed by atoms with van der Waals surface area (Å²) in [4.78, 5) is 0. The van der Waals surface area contributed by atoms with Crippen LogP contribution in [-0.2, 0) is 0 Å². The molecule has 2 heterocycles. The third kappa shape index (κ3) is 3.56. The van der Waals surface area contributed by atoms with Crippen LogP contribution in [0.3, 0.4) is 0 Å². The molecule has 0 aromatic carbocycles. The fourth-order valence-corrected chi connectivity index (χ4v) is 0.599. The Morgan fingerprint density at radius 1 is 0.688 bits per heavy atom. The molecule has 2 rings (SSSR count). The molecule has 84 valence electrons. The van der Waals surface area contributed by atoms with Crippen LogP contribution in [0.2, 0.25) is 0 Å². The first-order valence-electron chi connectivity index (χ1n) is 3.86. The van der Waals surface area contributed by atoms with Crippen molar-refractivity contribution in [1.82, 2.24) is 20.4 Å². The number of hydrogen-bond acceptors (Lipinski definition) is 4. The van der Waals surface area contributed by atoms with E-state index in [0.717, 1.165) is 24.5 Å². The Hall–Kier alpha value is -2.12. The summed E-state index contributed by atoms with van der Waals surface area (Å²) in [5.74, 6) is -4.26. The van der Waals surface area contributed by atoms with Crippen molar-refractivity contribution in [3.05, 3.63) is 48.1 Å². The largest absolute Gasteiger partial charge is 0.268 e. The minimum Gasteiger partial charge on any atom is -0.202 e. The van der Waals surface area contributed by atoms with Gasteiger partial charge in [0.25, 0.3) is 11.9 Å². The maximum atomic E-state index is 11.8. The minimum atomic E-state index is -1.16. The highest BCUT2D eigenvalue weighted by atomic mass is 19.2. The van der Waals surface area contributed by atoms with Crippen LogP contribution in [0.1, 0.15) is 0 Å². The average Bonchev–Trinajstić information content (AvgIpc) is 2.28. The summed E-state index contributed by atoms with van der Waals surface area (Å²) in [6, 6.07) is 1.81. The van der Waals surface area contributed by atoms with Gasteiger partial charge in [-0.1, -0.05) is 0 Å². The van der Waals surface area contributed by atoms with Gasteiger partial charge in [0.2, 0.25) is 0 Å². The molecule has 2 aromatic rings. The van der Waals surface area contributed by atoms with Crippen molar-refractivity contribution in [3.8, 4) is 0 Å². The van der Waals surface area contributed by atoms with E-state index >= 15 is 0 Å². The molecule has 0 atom stereocenters. The van der Waals surface area contributed by atoms with Gasteiger partial charge in [0.1, 0.15) is 0 Å². The van der Waals surface area contributed by atoms with E-state index in [9.17, 15) is 17.6 Å². The van der Waals surface area contributed by atoms with Crippen LogP contribution in [0.5, 0.6) is 0 Å². The third-order valence-corrected chi connectivity index (χ3v) is 1.26. The molecule has 0 aliphatic rings. The molecule has 8 heteroatoms. The number of halogens is 4. The van der Waals surface area contributed by atoms with Gasteiger partial charge in [0.15, 0.2) is 11.6 Å². The predicted molar refractivity (Wildman–Crippen MR) is 43.9 cm³/mol. The maximum Gasteiger partial charge on any atom is 0.268 e. The Labute approximate surface area is 87.0 Å². The molecule has 0 aliphatic heterocycles. The van der Waals surface area contributed by atoms with E-state index in [1.54, 1.807) is 0 Å². The number of aromatic nitrogens is 4. The lowest BCUT2D eigenvalue weighted by atomic mass is 10.6. The van der Waals surface area contributed by atoms with Gasteiger partial charge >= 0.3 is 0 Å². The van der Waals surface area contributed by atoms with Gasteiger partial charge in [-0.2, -0.15) is 19.0 Å². The number of hydrogen-bond donors (Lipinski definition) is 0. The highest BCUT2D eigenvalue weighted by Crippen LogP contribution is 1.96. The predicted octanol–water partition coefficient (Wildman–Crippen LogP) is 1.51. The second-order valence-corrected chi connectivity index (χ2v) is 2.34. The maximum absolute atomic E-state index is 11.8. The van der Waals surface area contributed by atoms with E-state index in [0.29, 0.717) is 0 Å². The van der Waals surface area contributed by atoms with Gasteiger partial charge < -0.3 is 0 Å².